The van der Waals surface area contributed by atoms with E-state index >= 15 is 0 Å². The van der Waals surface area contributed by atoms with Crippen molar-refractivity contribution in [3.05, 3.63) is 30.1 Å². The monoisotopic (exact) mass is 247 g/mol. The summed E-state index contributed by atoms with van der Waals surface area (Å²) < 4.78 is 0. The van der Waals surface area contributed by atoms with Crippen molar-refractivity contribution in [3.63, 3.8) is 0 Å². The van der Waals surface area contributed by atoms with Gasteiger partial charge >= 0.3 is 0 Å². The normalized spacial score (nSPS) is 23.6. The minimum absolute atomic E-state index is 0.351. The first-order chi connectivity index (χ1) is 8.79. The second-order valence-corrected chi connectivity index (χ2v) is 5.21. The molecule has 1 aliphatic heterocycles. The Morgan fingerprint density at radius 3 is 3.00 bits per heavy atom. The molecule has 0 aromatic carbocycles. The highest BCUT2D eigenvalue weighted by atomic mass is 15.1. The van der Waals surface area contributed by atoms with E-state index in [2.05, 4.69) is 41.2 Å². The van der Waals surface area contributed by atoms with Crippen molar-refractivity contribution in [3.8, 4) is 0 Å². The van der Waals surface area contributed by atoms with Gasteiger partial charge in [-0.05, 0) is 58.0 Å². The molecular weight excluding hydrogens is 222 g/mol. The van der Waals surface area contributed by atoms with E-state index in [-0.39, 0.29) is 0 Å². The third-order valence-corrected chi connectivity index (χ3v) is 3.89. The number of nitrogens with zero attached hydrogens (tertiary/aromatic N) is 2. The van der Waals surface area contributed by atoms with Crippen molar-refractivity contribution >= 4 is 0 Å². The molecule has 3 heteroatoms. The second-order valence-electron chi connectivity index (χ2n) is 5.21. The molecular formula is C15H25N3. The Morgan fingerprint density at radius 1 is 1.39 bits per heavy atom. The minimum Gasteiger partial charge on any atom is -0.306 e. The molecule has 1 saturated heterocycles. The summed E-state index contributed by atoms with van der Waals surface area (Å²) in [7, 11) is 0. The molecule has 100 valence electrons. The van der Waals surface area contributed by atoms with Crippen LogP contribution in [0.3, 0.4) is 0 Å². The smallest absolute Gasteiger partial charge is 0.0570 e. The third kappa shape index (κ3) is 3.79. The largest absolute Gasteiger partial charge is 0.306 e. The average Bonchev–Trinajstić information content (AvgIpc) is 2.65. The first kappa shape index (κ1) is 13.5. The lowest BCUT2D eigenvalue weighted by Crippen LogP contribution is -2.33. The predicted octanol–water partition coefficient (Wildman–Crippen LogP) is 2.61. The highest BCUT2D eigenvalue weighted by molar-refractivity contribution is 5.07. The van der Waals surface area contributed by atoms with E-state index in [1.165, 1.54) is 38.9 Å². The van der Waals surface area contributed by atoms with Gasteiger partial charge < -0.3 is 10.2 Å². The van der Waals surface area contributed by atoms with Crippen LogP contribution in [-0.2, 0) is 0 Å². The van der Waals surface area contributed by atoms with Gasteiger partial charge in [0.1, 0.15) is 0 Å². The molecule has 2 heterocycles. The van der Waals surface area contributed by atoms with Gasteiger partial charge in [0, 0.05) is 18.3 Å². The summed E-state index contributed by atoms with van der Waals surface area (Å²) in [5, 5.41) is 3.73. The molecule has 2 rings (SSSR count). The molecule has 1 unspecified atom stereocenters. The quantitative estimate of drug-likeness (QED) is 0.886. The minimum atomic E-state index is 0.351. The number of likely N-dealkylation sites (tertiary alicyclic amines) is 1. The van der Waals surface area contributed by atoms with Crippen molar-refractivity contribution in [2.45, 2.75) is 45.2 Å². The van der Waals surface area contributed by atoms with E-state index < -0.39 is 0 Å². The van der Waals surface area contributed by atoms with Gasteiger partial charge in [0.05, 0.1) is 5.69 Å². The molecule has 1 aromatic heterocycles. The van der Waals surface area contributed by atoms with E-state index in [1.54, 1.807) is 0 Å². The molecule has 0 amide bonds. The first-order valence-electron chi connectivity index (χ1n) is 7.19. The summed E-state index contributed by atoms with van der Waals surface area (Å²) in [4.78, 5) is 6.97. The summed E-state index contributed by atoms with van der Waals surface area (Å²) in [6.45, 7) is 8.13. The van der Waals surface area contributed by atoms with Gasteiger partial charge in [-0.1, -0.05) is 13.0 Å². The summed E-state index contributed by atoms with van der Waals surface area (Å²) in [5.41, 5.74) is 1.15. The van der Waals surface area contributed by atoms with Crippen LogP contribution in [0.5, 0.6) is 0 Å². The fraction of sp³-hybridized carbons (Fsp3) is 0.667. The molecule has 0 spiro atoms. The first-order valence-corrected chi connectivity index (χ1v) is 7.19. The highest BCUT2D eigenvalue weighted by Crippen LogP contribution is 2.16. The van der Waals surface area contributed by atoms with Crippen LogP contribution in [0, 0.1) is 0 Å². The molecule has 0 radical (unpaired) electrons. The highest BCUT2D eigenvalue weighted by Gasteiger charge is 2.18. The Bertz CT molecular complexity index is 339. The Balaban J connectivity index is 1.86. The van der Waals surface area contributed by atoms with E-state index in [1.807, 2.05) is 12.3 Å². The molecule has 2 atom stereocenters. The molecule has 0 aliphatic carbocycles. The zero-order valence-electron chi connectivity index (χ0n) is 11.6. The zero-order valence-corrected chi connectivity index (χ0v) is 11.6. The molecule has 18 heavy (non-hydrogen) atoms. The fourth-order valence-corrected chi connectivity index (χ4v) is 2.71. The Morgan fingerprint density at radius 2 is 2.28 bits per heavy atom. The summed E-state index contributed by atoms with van der Waals surface area (Å²) in [5.74, 6) is 0. The van der Waals surface area contributed by atoms with Gasteiger partial charge in [0.15, 0.2) is 0 Å². The number of hydrogen-bond donors (Lipinski definition) is 1. The van der Waals surface area contributed by atoms with Gasteiger partial charge in [-0.15, -0.1) is 0 Å². The van der Waals surface area contributed by atoms with Crippen LogP contribution in [0.1, 0.15) is 44.8 Å². The van der Waals surface area contributed by atoms with Crippen molar-refractivity contribution < 1.29 is 0 Å². The van der Waals surface area contributed by atoms with E-state index in [0.29, 0.717) is 12.1 Å². The Kier molecular flexibility index (Phi) is 5.14. The number of nitrogens with one attached hydrogen (secondary N) is 1. The van der Waals surface area contributed by atoms with Gasteiger partial charge in [-0.2, -0.15) is 0 Å². The fourth-order valence-electron chi connectivity index (χ4n) is 2.71. The maximum Gasteiger partial charge on any atom is 0.0570 e. The van der Waals surface area contributed by atoms with Crippen LogP contribution in [-0.4, -0.2) is 35.6 Å². The van der Waals surface area contributed by atoms with Crippen LogP contribution in [0.4, 0.5) is 0 Å². The number of pyridine rings is 1. The third-order valence-electron chi connectivity index (χ3n) is 3.89. The lowest BCUT2D eigenvalue weighted by atomic mass is 10.1. The number of rotatable bonds is 4. The molecule has 1 fully saturated rings. The SMILES string of the molecule is CCN1CCCC(N[C@@H](C)c2ccccn2)CC1. The second kappa shape index (κ2) is 6.86. The Labute approximate surface area is 111 Å². The summed E-state index contributed by atoms with van der Waals surface area (Å²) in [6, 6.07) is 7.13. The van der Waals surface area contributed by atoms with Crippen molar-refractivity contribution in [1.82, 2.24) is 15.2 Å². The molecule has 3 nitrogen and oxygen atoms in total. The maximum atomic E-state index is 4.43. The number of hydrogen-bond acceptors (Lipinski definition) is 3. The molecule has 0 bridgehead atoms. The van der Waals surface area contributed by atoms with Crippen LogP contribution in [0.25, 0.3) is 0 Å². The van der Waals surface area contributed by atoms with Crippen LogP contribution in [0.2, 0.25) is 0 Å². The topological polar surface area (TPSA) is 28.2 Å². The lowest BCUT2D eigenvalue weighted by molar-refractivity contribution is 0.295. The summed E-state index contributed by atoms with van der Waals surface area (Å²) in [6.07, 6.45) is 5.72. The van der Waals surface area contributed by atoms with Crippen molar-refractivity contribution in [1.29, 1.82) is 0 Å². The summed E-state index contributed by atoms with van der Waals surface area (Å²) >= 11 is 0. The molecule has 1 aliphatic rings. The van der Waals surface area contributed by atoms with E-state index in [9.17, 15) is 0 Å². The molecule has 1 aromatic rings. The van der Waals surface area contributed by atoms with Crippen molar-refractivity contribution in [2.24, 2.45) is 0 Å². The van der Waals surface area contributed by atoms with E-state index in [0.717, 1.165) is 5.69 Å². The molecule has 1 N–H and O–H groups in total. The van der Waals surface area contributed by atoms with Gasteiger partial charge in [0.2, 0.25) is 0 Å². The van der Waals surface area contributed by atoms with Gasteiger partial charge in [-0.25, -0.2) is 0 Å². The predicted molar refractivity (Wildman–Crippen MR) is 75.5 cm³/mol. The van der Waals surface area contributed by atoms with Crippen LogP contribution >= 0.6 is 0 Å². The van der Waals surface area contributed by atoms with Gasteiger partial charge in [-0.3, -0.25) is 4.98 Å². The van der Waals surface area contributed by atoms with Crippen LogP contribution < -0.4 is 5.32 Å². The van der Waals surface area contributed by atoms with Crippen LogP contribution in [0.15, 0.2) is 24.4 Å². The molecule has 0 saturated carbocycles. The van der Waals surface area contributed by atoms with E-state index in [4.69, 9.17) is 0 Å². The zero-order chi connectivity index (χ0) is 12.8. The maximum absolute atomic E-state index is 4.43. The number of aromatic nitrogens is 1. The average molecular weight is 247 g/mol. The lowest BCUT2D eigenvalue weighted by Gasteiger charge is -2.22. The standard InChI is InChI=1S/C15H25N3/c1-3-18-11-6-7-14(9-12-18)17-13(2)15-8-4-5-10-16-15/h4-5,8,10,13-14,17H,3,6-7,9,11-12H2,1-2H3/t13-,14?/m0/s1. The van der Waals surface area contributed by atoms with Gasteiger partial charge in [0.25, 0.3) is 0 Å². The van der Waals surface area contributed by atoms with Crippen molar-refractivity contribution in [2.75, 3.05) is 19.6 Å². The Hall–Kier alpha value is -0.930.